The summed E-state index contributed by atoms with van der Waals surface area (Å²) in [5.41, 5.74) is -0.0433. The van der Waals surface area contributed by atoms with Crippen LogP contribution < -0.4 is 0 Å². The van der Waals surface area contributed by atoms with Gasteiger partial charge in [0.15, 0.2) is 0 Å². The highest BCUT2D eigenvalue weighted by Gasteiger charge is 2.39. The van der Waals surface area contributed by atoms with Gasteiger partial charge in [0.2, 0.25) is 10.0 Å². The van der Waals surface area contributed by atoms with E-state index in [-0.39, 0.29) is 28.1 Å². The summed E-state index contributed by atoms with van der Waals surface area (Å²) in [5.74, 6) is -2.68. The van der Waals surface area contributed by atoms with Crippen molar-refractivity contribution in [2.24, 2.45) is 0 Å². The van der Waals surface area contributed by atoms with E-state index in [2.05, 4.69) is 0 Å². The van der Waals surface area contributed by atoms with Crippen LogP contribution in [0.4, 0.5) is 0 Å². The van der Waals surface area contributed by atoms with Crippen molar-refractivity contribution in [3.63, 3.8) is 0 Å². The van der Waals surface area contributed by atoms with Gasteiger partial charge < -0.3 is 4.84 Å². The highest BCUT2D eigenvalue weighted by molar-refractivity contribution is 7.89. The molecule has 2 aromatic rings. The fourth-order valence-corrected chi connectivity index (χ4v) is 3.94. The molecule has 2 amide bonds. The van der Waals surface area contributed by atoms with E-state index < -0.39 is 27.8 Å². The summed E-state index contributed by atoms with van der Waals surface area (Å²) in [5, 5.41) is 0.347. The average molecular weight is 388 g/mol. The van der Waals surface area contributed by atoms with Gasteiger partial charge in [0.25, 0.3) is 11.8 Å². The SMILES string of the molecule is CCN(C)S(=O)(=O)c1ccccc1C(=O)ON1C(=O)c2ccccc2C1=O. The summed E-state index contributed by atoms with van der Waals surface area (Å²) in [6.45, 7) is 1.85. The van der Waals surface area contributed by atoms with E-state index >= 15 is 0 Å². The Balaban J connectivity index is 1.93. The molecule has 9 heteroatoms. The van der Waals surface area contributed by atoms with Crippen molar-refractivity contribution in [2.75, 3.05) is 13.6 Å². The van der Waals surface area contributed by atoms with Gasteiger partial charge in [-0.05, 0) is 24.3 Å². The Kier molecular flexibility index (Phi) is 4.81. The van der Waals surface area contributed by atoms with E-state index in [1.54, 1.807) is 19.1 Å². The predicted octanol–water partition coefficient (Wildman–Crippen LogP) is 1.70. The van der Waals surface area contributed by atoms with Crippen LogP contribution in [0.2, 0.25) is 0 Å². The third-order valence-corrected chi connectivity index (χ3v) is 6.16. The Morgan fingerprint density at radius 1 is 1.00 bits per heavy atom. The van der Waals surface area contributed by atoms with Gasteiger partial charge in [-0.25, -0.2) is 17.5 Å². The van der Waals surface area contributed by atoms with E-state index in [1.165, 1.54) is 43.4 Å². The molecule has 1 aliphatic heterocycles. The number of nitrogens with zero attached hydrogens (tertiary/aromatic N) is 2. The van der Waals surface area contributed by atoms with Crippen LogP contribution >= 0.6 is 0 Å². The molecule has 0 unspecified atom stereocenters. The predicted molar refractivity (Wildman–Crippen MR) is 94.3 cm³/mol. The van der Waals surface area contributed by atoms with Crippen molar-refractivity contribution in [1.82, 2.24) is 9.37 Å². The smallest absolute Gasteiger partial charge is 0.324 e. The largest absolute Gasteiger partial charge is 0.365 e. The van der Waals surface area contributed by atoms with Gasteiger partial charge in [-0.1, -0.05) is 36.3 Å². The third-order valence-electron chi connectivity index (χ3n) is 4.17. The second-order valence-corrected chi connectivity index (χ2v) is 7.76. The van der Waals surface area contributed by atoms with E-state index in [9.17, 15) is 22.8 Å². The Hall–Kier alpha value is -3.04. The van der Waals surface area contributed by atoms with Gasteiger partial charge in [-0.15, -0.1) is 0 Å². The molecule has 140 valence electrons. The monoisotopic (exact) mass is 388 g/mol. The zero-order chi connectivity index (χ0) is 19.8. The molecular formula is C18H16N2O6S. The van der Waals surface area contributed by atoms with Crippen molar-refractivity contribution in [2.45, 2.75) is 11.8 Å². The zero-order valence-corrected chi connectivity index (χ0v) is 15.4. The maximum absolute atomic E-state index is 12.6. The van der Waals surface area contributed by atoms with Crippen molar-refractivity contribution in [1.29, 1.82) is 0 Å². The molecule has 0 fully saturated rings. The first-order valence-corrected chi connectivity index (χ1v) is 9.48. The molecule has 0 saturated carbocycles. The van der Waals surface area contributed by atoms with Gasteiger partial charge in [0.1, 0.15) is 0 Å². The van der Waals surface area contributed by atoms with Gasteiger partial charge in [0.05, 0.1) is 21.6 Å². The van der Waals surface area contributed by atoms with E-state index in [4.69, 9.17) is 4.84 Å². The minimum atomic E-state index is -3.93. The normalized spacial score (nSPS) is 13.8. The molecule has 1 aliphatic rings. The minimum absolute atomic E-state index is 0.113. The molecule has 0 atom stereocenters. The maximum atomic E-state index is 12.6. The number of sulfonamides is 1. The fraction of sp³-hybridized carbons (Fsp3) is 0.167. The van der Waals surface area contributed by atoms with E-state index in [0.29, 0.717) is 5.06 Å². The summed E-state index contributed by atoms with van der Waals surface area (Å²) in [6.07, 6.45) is 0. The van der Waals surface area contributed by atoms with Gasteiger partial charge >= 0.3 is 5.97 Å². The average Bonchev–Trinajstić information content (AvgIpc) is 2.92. The summed E-state index contributed by atoms with van der Waals surface area (Å²) >= 11 is 0. The topological polar surface area (TPSA) is 101 Å². The van der Waals surface area contributed by atoms with Crippen LogP contribution in [-0.4, -0.2) is 49.2 Å². The maximum Gasteiger partial charge on any atom is 0.365 e. The number of hydrogen-bond donors (Lipinski definition) is 0. The molecule has 27 heavy (non-hydrogen) atoms. The first-order chi connectivity index (χ1) is 12.8. The quantitative estimate of drug-likeness (QED) is 0.723. The Morgan fingerprint density at radius 2 is 1.52 bits per heavy atom. The molecule has 2 aromatic carbocycles. The number of fused-ring (bicyclic) bond motifs is 1. The number of hydrogen-bond acceptors (Lipinski definition) is 6. The lowest BCUT2D eigenvalue weighted by Crippen LogP contribution is -2.34. The molecule has 0 aliphatic carbocycles. The van der Waals surface area contributed by atoms with Gasteiger partial charge in [-0.2, -0.15) is 0 Å². The van der Waals surface area contributed by atoms with Crippen molar-refractivity contribution in [3.8, 4) is 0 Å². The number of rotatable bonds is 5. The van der Waals surface area contributed by atoms with Gasteiger partial charge in [0, 0.05) is 13.6 Å². The summed E-state index contributed by atoms with van der Waals surface area (Å²) in [6, 6.07) is 11.5. The van der Waals surface area contributed by atoms with Crippen molar-refractivity contribution < 1.29 is 27.6 Å². The molecule has 0 bridgehead atoms. The lowest BCUT2D eigenvalue weighted by molar-refractivity contribution is -0.0587. The molecule has 3 rings (SSSR count). The Labute approximate surface area is 156 Å². The number of carbonyl (C=O) groups excluding carboxylic acids is 3. The fourth-order valence-electron chi connectivity index (χ4n) is 2.58. The van der Waals surface area contributed by atoms with Crippen LogP contribution in [0.1, 0.15) is 38.0 Å². The van der Waals surface area contributed by atoms with Crippen molar-refractivity contribution in [3.05, 3.63) is 65.2 Å². The van der Waals surface area contributed by atoms with Crippen LogP contribution in [0.5, 0.6) is 0 Å². The number of carbonyl (C=O) groups is 3. The zero-order valence-electron chi connectivity index (χ0n) is 14.6. The molecule has 0 radical (unpaired) electrons. The minimum Gasteiger partial charge on any atom is -0.324 e. The van der Waals surface area contributed by atoms with E-state index in [1.807, 2.05) is 0 Å². The molecular weight excluding hydrogens is 372 g/mol. The van der Waals surface area contributed by atoms with E-state index in [0.717, 1.165) is 4.31 Å². The number of imide groups is 1. The Bertz CT molecular complexity index is 1010. The lowest BCUT2D eigenvalue weighted by Gasteiger charge is -2.18. The lowest BCUT2D eigenvalue weighted by atomic mass is 10.1. The first-order valence-electron chi connectivity index (χ1n) is 8.04. The first kappa shape index (κ1) is 18.7. The third kappa shape index (κ3) is 3.11. The summed E-state index contributed by atoms with van der Waals surface area (Å²) < 4.78 is 26.3. The molecule has 0 spiro atoms. The second kappa shape index (κ2) is 6.93. The van der Waals surface area contributed by atoms with Crippen LogP contribution in [0, 0.1) is 0 Å². The highest BCUT2D eigenvalue weighted by Crippen LogP contribution is 2.25. The summed E-state index contributed by atoms with van der Waals surface area (Å²) in [4.78, 5) is 41.9. The summed E-state index contributed by atoms with van der Waals surface area (Å²) in [7, 11) is -2.56. The molecule has 1 heterocycles. The van der Waals surface area contributed by atoms with Crippen LogP contribution in [0.3, 0.4) is 0 Å². The van der Waals surface area contributed by atoms with Crippen molar-refractivity contribution >= 4 is 27.8 Å². The second-order valence-electron chi connectivity index (χ2n) is 5.74. The van der Waals surface area contributed by atoms with Crippen LogP contribution in [0.15, 0.2) is 53.4 Å². The molecule has 0 saturated heterocycles. The van der Waals surface area contributed by atoms with Crippen LogP contribution in [-0.2, 0) is 14.9 Å². The molecule has 8 nitrogen and oxygen atoms in total. The molecule has 0 N–H and O–H groups in total. The Morgan fingerprint density at radius 3 is 2.07 bits per heavy atom. The standard InChI is InChI=1S/C18H16N2O6S/c1-3-19(2)27(24,25)15-11-7-6-10-14(15)18(23)26-20-16(21)12-8-4-5-9-13(12)17(20)22/h4-11H,3H2,1-2H3. The molecule has 0 aromatic heterocycles. The number of hydroxylamine groups is 2. The number of benzene rings is 2. The van der Waals surface area contributed by atoms with Crippen LogP contribution in [0.25, 0.3) is 0 Å². The highest BCUT2D eigenvalue weighted by atomic mass is 32.2. The van der Waals surface area contributed by atoms with Gasteiger partial charge in [-0.3, -0.25) is 9.59 Å². The number of amides is 2.